The van der Waals surface area contributed by atoms with Crippen LogP contribution in [0.15, 0.2) is 0 Å². The molecule has 0 aromatic heterocycles. The summed E-state index contributed by atoms with van der Waals surface area (Å²) in [6.07, 6.45) is 7.14. The molecule has 1 amide bonds. The number of esters is 1. The predicted octanol–water partition coefficient (Wildman–Crippen LogP) is 2.91. The molecular weight excluding hydrogens is 390 g/mol. The van der Waals surface area contributed by atoms with Gasteiger partial charge in [0.15, 0.2) is 0 Å². The second kappa shape index (κ2) is 8.28. The van der Waals surface area contributed by atoms with Gasteiger partial charge < -0.3 is 29.4 Å². The summed E-state index contributed by atoms with van der Waals surface area (Å²) in [7, 11) is 1.77. The summed E-state index contributed by atoms with van der Waals surface area (Å²) in [5.74, 6) is 1.48. The Bertz CT molecular complexity index is 664. The Morgan fingerprint density at radius 2 is 1.87 bits per heavy atom. The van der Waals surface area contributed by atoms with Crippen molar-refractivity contribution < 1.29 is 33.3 Å². The molecular formula is C22H35NO7. The Hall–Kier alpha value is -1.38. The van der Waals surface area contributed by atoms with Gasteiger partial charge in [0.1, 0.15) is 5.60 Å². The molecule has 8 heteroatoms. The van der Waals surface area contributed by atoms with E-state index in [2.05, 4.69) is 6.92 Å². The average Bonchev–Trinajstić information content (AvgIpc) is 3.57. The van der Waals surface area contributed by atoms with Crippen LogP contribution >= 0.6 is 0 Å². The number of hydrogen-bond donors (Lipinski definition) is 1. The van der Waals surface area contributed by atoms with Gasteiger partial charge in [-0.05, 0) is 63.2 Å². The molecule has 2 aliphatic carbocycles. The van der Waals surface area contributed by atoms with E-state index < -0.39 is 18.0 Å². The molecule has 8 nitrogen and oxygen atoms in total. The maximum Gasteiger partial charge on any atom is 0.406 e. The molecule has 1 spiro atoms. The molecule has 2 aliphatic heterocycles. The van der Waals surface area contributed by atoms with Crippen LogP contribution in [0.5, 0.6) is 0 Å². The van der Waals surface area contributed by atoms with Gasteiger partial charge in [-0.3, -0.25) is 4.79 Å². The van der Waals surface area contributed by atoms with E-state index in [0.717, 1.165) is 38.5 Å². The Kier molecular flexibility index (Phi) is 6.03. The summed E-state index contributed by atoms with van der Waals surface area (Å²) in [4.78, 5) is 22.0. The lowest BCUT2D eigenvalue weighted by atomic mass is 9.66. The molecule has 0 radical (unpaired) electrons. The van der Waals surface area contributed by atoms with E-state index in [-0.39, 0.29) is 23.8 Å². The Morgan fingerprint density at radius 3 is 2.50 bits per heavy atom. The van der Waals surface area contributed by atoms with Crippen molar-refractivity contribution in [3.63, 3.8) is 0 Å². The lowest BCUT2D eigenvalue weighted by Crippen LogP contribution is -2.42. The fraction of sp³-hybridized carbons (Fsp3) is 0.909. The predicted molar refractivity (Wildman–Crippen MR) is 106 cm³/mol. The second-order valence-electron chi connectivity index (χ2n) is 9.66. The van der Waals surface area contributed by atoms with Crippen LogP contribution in [0.2, 0.25) is 0 Å². The van der Waals surface area contributed by atoms with Crippen LogP contribution in [-0.2, 0) is 28.5 Å². The first-order chi connectivity index (χ1) is 14.3. The van der Waals surface area contributed by atoms with Crippen LogP contribution in [0.4, 0.5) is 4.79 Å². The maximum atomic E-state index is 11.0. The van der Waals surface area contributed by atoms with E-state index in [1.54, 1.807) is 7.11 Å². The zero-order valence-corrected chi connectivity index (χ0v) is 18.3. The monoisotopic (exact) mass is 425 g/mol. The van der Waals surface area contributed by atoms with E-state index in [1.807, 2.05) is 0 Å². The molecule has 0 bridgehead atoms. The zero-order valence-electron chi connectivity index (χ0n) is 18.3. The topological polar surface area (TPSA) is 113 Å². The average molecular weight is 426 g/mol. The number of carbonyl (C=O) groups is 2. The summed E-state index contributed by atoms with van der Waals surface area (Å²) in [5.41, 5.74) is 4.67. The highest BCUT2D eigenvalue weighted by atomic mass is 16.8. The van der Waals surface area contributed by atoms with E-state index in [1.165, 1.54) is 19.8 Å². The van der Waals surface area contributed by atoms with Gasteiger partial charge in [-0.15, -0.1) is 0 Å². The third-order valence-corrected chi connectivity index (χ3v) is 8.02. The highest BCUT2D eigenvalue weighted by molar-refractivity contribution is 5.65. The Balaban J connectivity index is 1.25. The zero-order chi connectivity index (χ0) is 21.5. The minimum Gasteiger partial charge on any atom is -0.466 e. The van der Waals surface area contributed by atoms with Crippen LogP contribution in [0.3, 0.4) is 0 Å². The smallest absolute Gasteiger partial charge is 0.406 e. The molecule has 6 atom stereocenters. The summed E-state index contributed by atoms with van der Waals surface area (Å²) in [5, 5.41) is 0. The van der Waals surface area contributed by atoms with Crippen molar-refractivity contribution in [2.45, 2.75) is 94.9 Å². The molecule has 2 saturated carbocycles. The summed E-state index contributed by atoms with van der Waals surface area (Å²) in [6, 6.07) is 0. The number of carbonyl (C=O) groups excluding carboxylic acids is 2. The van der Waals surface area contributed by atoms with Crippen LogP contribution in [0, 0.1) is 17.8 Å². The van der Waals surface area contributed by atoms with E-state index in [9.17, 15) is 9.59 Å². The van der Waals surface area contributed by atoms with Gasteiger partial charge in [0.2, 0.25) is 6.29 Å². The first-order valence-electron chi connectivity index (χ1n) is 11.3. The Labute approximate surface area is 178 Å². The fourth-order valence-electron chi connectivity index (χ4n) is 6.13. The number of epoxide rings is 2. The highest BCUT2D eigenvalue weighted by Gasteiger charge is 2.63. The molecule has 2 saturated heterocycles. The molecule has 4 rings (SSSR count). The molecule has 170 valence electrons. The van der Waals surface area contributed by atoms with Gasteiger partial charge in [-0.2, -0.15) is 0 Å². The van der Waals surface area contributed by atoms with Gasteiger partial charge in [0.25, 0.3) is 0 Å². The molecule has 0 aromatic carbocycles. The molecule has 2 N–H and O–H groups in total. The summed E-state index contributed by atoms with van der Waals surface area (Å²) in [6.45, 7) is 4.09. The number of amides is 1. The molecule has 4 fully saturated rings. The fourth-order valence-corrected chi connectivity index (χ4v) is 6.13. The van der Waals surface area contributed by atoms with Gasteiger partial charge in [0.05, 0.1) is 24.4 Å². The summed E-state index contributed by atoms with van der Waals surface area (Å²) >= 11 is 0. The van der Waals surface area contributed by atoms with Gasteiger partial charge in [-0.25, -0.2) is 4.79 Å². The number of methoxy groups -OCH3 is 1. The SMILES string of the molecule is COC1CC2(CCC1C1CCC(C3(C)OC3CCOC(C)=O)CC1)OC2OC(N)=O. The van der Waals surface area contributed by atoms with E-state index in [0.29, 0.717) is 24.4 Å². The molecule has 2 heterocycles. The number of rotatable bonds is 7. The minimum absolute atomic E-state index is 0.0659. The number of primary amides is 1. The number of hydrogen-bond acceptors (Lipinski definition) is 7. The van der Waals surface area contributed by atoms with Crippen LogP contribution in [0.25, 0.3) is 0 Å². The van der Waals surface area contributed by atoms with Crippen molar-refractivity contribution >= 4 is 12.1 Å². The molecule has 30 heavy (non-hydrogen) atoms. The lowest BCUT2D eigenvalue weighted by molar-refractivity contribution is -0.141. The third kappa shape index (κ3) is 4.32. The normalized spacial score (nSPS) is 45.0. The van der Waals surface area contributed by atoms with Gasteiger partial charge in [0, 0.05) is 26.9 Å². The van der Waals surface area contributed by atoms with Gasteiger partial charge >= 0.3 is 12.1 Å². The maximum absolute atomic E-state index is 11.0. The largest absolute Gasteiger partial charge is 0.466 e. The van der Waals surface area contributed by atoms with Crippen molar-refractivity contribution in [2.24, 2.45) is 23.5 Å². The molecule has 0 aromatic rings. The van der Waals surface area contributed by atoms with Crippen molar-refractivity contribution in [3.8, 4) is 0 Å². The third-order valence-electron chi connectivity index (χ3n) is 8.02. The molecule has 6 unspecified atom stereocenters. The number of nitrogens with two attached hydrogens (primary N) is 1. The standard InChI is InChI=1S/C22H35NO7/c1-13(24)27-11-9-18-21(2,29-18)15-6-4-14(5-7-15)16-8-10-22(12-17(16)26-3)19(30-22)28-20(23)25/h14-19H,4-12H2,1-3H3,(H2,23,25). The summed E-state index contributed by atoms with van der Waals surface area (Å²) < 4.78 is 27.7. The van der Waals surface area contributed by atoms with Crippen molar-refractivity contribution in [3.05, 3.63) is 0 Å². The first-order valence-corrected chi connectivity index (χ1v) is 11.3. The van der Waals surface area contributed by atoms with Gasteiger partial charge in [-0.1, -0.05) is 0 Å². The first kappa shape index (κ1) is 21.8. The van der Waals surface area contributed by atoms with Crippen LogP contribution in [-0.4, -0.2) is 55.5 Å². The van der Waals surface area contributed by atoms with Crippen LogP contribution < -0.4 is 5.73 Å². The molecule has 4 aliphatic rings. The second-order valence-corrected chi connectivity index (χ2v) is 9.66. The lowest BCUT2D eigenvalue weighted by Gasteiger charge is -2.42. The van der Waals surface area contributed by atoms with E-state index in [4.69, 9.17) is 29.4 Å². The minimum atomic E-state index is -0.784. The van der Waals surface area contributed by atoms with Crippen molar-refractivity contribution in [1.82, 2.24) is 0 Å². The van der Waals surface area contributed by atoms with Crippen molar-refractivity contribution in [2.75, 3.05) is 13.7 Å². The quantitative estimate of drug-likeness (QED) is 0.493. The number of ether oxygens (including phenoxy) is 5. The van der Waals surface area contributed by atoms with Crippen molar-refractivity contribution in [1.29, 1.82) is 0 Å². The highest BCUT2D eigenvalue weighted by Crippen LogP contribution is 2.55. The van der Waals surface area contributed by atoms with E-state index >= 15 is 0 Å². The Morgan fingerprint density at radius 1 is 1.13 bits per heavy atom. The van der Waals surface area contributed by atoms with Crippen LogP contribution in [0.1, 0.15) is 65.2 Å².